The maximum atomic E-state index is 5.57. The summed E-state index contributed by atoms with van der Waals surface area (Å²) in [5.74, 6) is 1.47. The molecule has 0 spiro atoms. The lowest BCUT2D eigenvalue weighted by molar-refractivity contribution is 0.388. The lowest BCUT2D eigenvalue weighted by atomic mass is 10.4. The highest BCUT2D eigenvalue weighted by Crippen LogP contribution is 2.22. The molecule has 0 aliphatic carbocycles. The van der Waals surface area contributed by atoms with E-state index in [0.717, 1.165) is 16.1 Å². The summed E-state index contributed by atoms with van der Waals surface area (Å²) in [5, 5.41) is 6.70. The van der Waals surface area contributed by atoms with Crippen molar-refractivity contribution < 1.29 is 4.52 Å². The summed E-state index contributed by atoms with van der Waals surface area (Å²) in [6.45, 7) is 0.537. The predicted molar refractivity (Wildman–Crippen MR) is 60.2 cm³/mol. The van der Waals surface area contributed by atoms with Gasteiger partial charge < -0.3 is 15.6 Å². The van der Waals surface area contributed by atoms with Crippen molar-refractivity contribution in [2.24, 2.45) is 0 Å². The molecule has 0 bridgehead atoms. The number of hydrogen-bond acceptors (Lipinski definition) is 5. The van der Waals surface area contributed by atoms with Gasteiger partial charge in [0.1, 0.15) is 5.82 Å². The molecular weight excluding hydrogens is 260 g/mol. The van der Waals surface area contributed by atoms with Crippen molar-refractivity contribution in [3.63, 3.8) is 0 Å². The van der Waals surface area contributed by atoms with Gasteiger partial charge in [0, 0.05) is 6.07 Å². The summed E-state index contributed by atoms with van der Waals surface area (Å²) >= 11 is 3.36. The van der Waals surface area contributed by atoms with Crippen molar-refractivity contribution in [3.05, 3.63) is 34.8 Å². The second-order valence-corrected chi connectivity index (χ2v) is 3.79. The maximum Gasteiger partial charge on any atom is 0.155 e. The molecule has 3 N–H and O–H groups in total. The van der Waals surface area contributed by atoms with Gasteiger partial charge in [-0.1, -0.05) is 5.16 Å². The van der Waals surface area contributed by atoms with E-state index in [4.69, 9.17) is 10.3 Å². The van der Waals surface area contributed by atoms with Crippen molar-refractivity contribution in [1.82, 2.24) is 10.1 Å². The molecule has 0 amide bonds. The third-order valence-electron chi connectivity index (χ3n) is 1.78. The highest BCUT2D eigenvalue weighted by molar-refractivity contribution is 9.10. The summed E-state index contributed by atoms with van der Waals surface area (Å²) in [6.07, 6.45) is 3.19. The van der Waals surface area contributed by atoms with E-state index in [1.54, 1.807) is 24.5 Å². The van der Waals surface area contributed by atoms with Crippen LogP contribution in [0, 0.1) is 0 Å². The van der Waals surface area contributed by atoms with Crippen molar-refractivity contribution >= 4 is 27.4 Å². The number of nitrogens with two attached hydrogens (primary N) is 1. The quantitative estimate of drug-likeness (QED) is 0.891. The van der Waals surface area contributed by atoms with Crippen LogP contribution in [-0.4, -0.2) is 10.1 Å². The second kappa shape index (κ2) is 4.31. The van der Waals surface area contributed by atoms with Crippen LogP contribution >= 0.6 is 15.9 Å². The highest BCUT2D eigenvalue weighted by Gasteiger charge is 2.02. The number of anilines is 2. The minimum absolute atomic E-state index is 0.537. The Morgan fingerprint density at radius 1 is 1.53 bits per heavy atom. The molecule has 5 nitrogen and oxygen atoms in total. The number of aromatic nitrogens is 2. The molecule has 2 rings (SSSR count). The van der Waals surface area contributed by atoms with E-state index < -0.39 is 0 Å². The fourth-order valence-corrected chi connectivity index (χ4v) is 1.59. The summed E-state index contributed by atoms with van der Waals surface area (Å²) in [7, 11) is 0. The summed E-state index contributed by atoms with van der Waals surface area (Å²) in [4.78, 5) is 4.13. The van der Waals surface area contributed by atoms with Gasteiger partial charge in [-0.25, -0.2) is 4.98 Å². The Hall–Kier alpha value is -1.56. The maximum absolute atomic E-state index is 5.57. The molecule has 15 heavy (non-hydrogen) atoms. The zero-order valence-electron chi connectivity index (χ0n) is 7.77. The van der Waals surface area contributed by atoms with Gasteiger partial charge in [-0.05, 0) is 22.0 Å². The smallest absolute Gasteiger partial charge is 0.155 e. The standard InChI is InChI=1S/C9H9BrN4O/c10-8-3-6(11)4-12-9(8)13-5-7-1-2-14-15-7/h1-4H,5,11H2,(H,12,13). The molecule has 0 aliphatic rings. The minimum Gasteiger partial charge on any atom is -0.397 e. The topological polar surface area (TPSA) is 77.0 Å². The van der Waals surface area contributed by atoms with E-state index in [1.165, 1.54) is 0 Å². The Morgan fingerprint density at radius 2 is 2.40 bits per heavy atom. The zero-order valence-corrected chi connectivity index (χ0v) is 9.36. The van der Waals surface area contributed by atoms with E-state index in [0.29, 0.717) is 12.2 Å². The monoisotopic (exact) mass is 268 g/mol. The Balaban J connectivity index is 2.05. The molecule has 6 heteroatoms. The molecule has 78 valence electrons. The number of nitrogens with zero attached hydrogens (tertiary/aromatic N) is 2. The molecule has 0 atom stereocenters. The normalized spacial score (nSPS) is 10.2. The fourth-order valence-electron chi connectivity index (χ4n) is 1.09. The van der Waals surface area contributed by atoms with Crippen molar-refractivity contribution in [3.8, 4) is 0 Å². The molecule has 2 heterocycles. The van der Waals surface area contributed by atoms with E-state index in [-0.39, 0.29) is 0 Å². The van der Waals surface area contributed by atoms with E-state index >= 15 is 0 Å². The number of nitrogen functional groups attached to an aromatic ring is 1. The third-order valence-corrected chi connectivity index (χ3v) is 2.39. The van der Waals surface area contributed by atoms with Gasteiger partial charge in [-0.15, -0.1) is 0 Å². The van der Waals surface area contributed by atoms with Gasteiger partial charge in [-0.2, -0.15) is 0 Å². The first kappa shape index (κ1) is 9.97. The predicted octanol–water partition coefficient (Wildman–Crippen LogP) is 2.03. The molecule has 0 aromatic carbocycles. The Bertz CT molecular complexity index is 443. The van der Waals surface area contributed by atoms with Gasteiger partial charge in [0.2, 0.25) is 0 Å². The van der Waals surface area contributed by atoms with Crippen LogP contribution < -0.4 is 11.1 Å². The molecule has 0 saturated heterocycles. The van der Waals surface area contributed by atoms with Crippen LogP contribution in [0.5, 0.6) is 0 Å². The molecule has 2 aromatic rings. The highest BCUT2D eigenvalue weighted by atomic mass is 79.9. The molecule has 2 aromatic heterocycles. The molecular formula is C9H9BrN4O. The number of hydrogen-bond donors (Lipinski definition) is 2. The van der Waals surface area contributed by atoms with E-state index in [1.807, 2.05) is 0 Å². The number of halogens is 1. The van der Waals surface area contributed by atoms with Crippen LogP contribution in [0.4, 0.5) is 11.5 Å². The molecule has 0 saturated carbocycles. The van der Waals surface area contributed by atoms with Crippen LogP contribution in [0.15, 0.2) is 33.5 Å². The average Bonchev–Trinajstić information content (AvgIpc) is 2.69. The number of nitrogens with one attached hydrogen (secondary N) is 1. The van der Waals surface area contributed by atoms with Gasteiger partial charge in [0.05, 0.1) is 29.1 Å². The van der Waals surface area contributed by atoms with E-state index in [2.05, 4.69) is 31.4 Å². The molecule has 0 unspecified atom stereocenters. The van der Waals surface area contributed by atoms with Crippen LogP contribution in [0.2, 0.25) is 0 Å². The lowest BCUT2D eigenvalue weighted by Crippen LogP contribution is -2.01. The molecule has 0 aliphatic heterocycles. The van der Waals surface area contributed by atoms with Crippen LogP contribution in [0.3, 0.4) is 0 Å². The third kappa shape index (κ3) is 2.47. The Kier molecular flexibility index (Phi) is 2.86. The van der Waals surface area contributed by atoms with Gasteiger partial charge >= 0.3 is 0 Å². The van der Waals surface area contributed by atoms with Gasteiger partial charge in [0.15, 0.2) is 5.76 Å². The summed E-state index contributed by atoms with van der Waals surface area (Å²) < 4.78 is 5.76. The van der Waals surface area contributed by atoms with Crippen LogP contribution in [0.25, 0.3) is 0 Å². The molecule has 0 radical (unpaired) electrons. The van der Waals surface area contributed by atoms with Gasteiger partial charge in [-0.3, -0.25) is 0 Å². The van der Waals surface area contributed by atoms with Crippen molar-refractivity contribution in [1.29, 1.82) is 0 Å². The molecule has 0 fully saturated rings. The number of rotatable bonds is 3. The first-order valence-corrected chi connectivity index (χ1v) is 5.09. The SMILES string of the molecule is Nc1cnc(NCc2ccno2)c(Br)c1. The minimum atomic E-state index is 0.537. The summed E-state index contributed by atoms with van der Waals surface area (Å²) in [5.41, 5.74) is 6.19. The second-order valence-electron chi connectivity index (χ2n) is 2.93. The van der Waals surface area contributed by atoms with Crippen molar-refractivity contribution in [2.75, 3.05) is 11.1 Å². The Labute approximate surface area is 94.8 Å². The van der Waals surface area contributed by atoms with Crippen LogP contribution in [0.1, 0.15) is 5.76 Å². The fraction of sp³-hybridized carbons (Fsp3) is 0.111. The first-order valence-electron chi connectivity index (χ1n) is 4.30. The van der Waals surface area contributed by atoms with Gasteiger partial charge in [0.25, 0.3) is 0 Å². The largest absolute Gasteiger partial charge is 0.397 e. The summed E-state index contributed by atoms with van der Waals surface area (Å²) in [6, 6.07) is 3.58. The van der Waals surface area contributed by atoms with Crippen LogP contribution in [-0.2, 0) is 6.54 Å². The Morgan fingerprint density at radius 3 is 3.07 bits per heavy atom. The zero-order chi connectivity index (χ0) is 10.7. The van der Waals surface area contributed by atoms with E-state index in [9.17, 15) is 0 Å². The average molecular weight is 269 g/mol. The van der Waals surface area contributed by atoms with Crippen molar-refractivity contribution in [2.45, 2.75) is 6.54 Å². The number of pyridine rings is 1. The lowest BCUT2D eigenvalue weighted by Gasteiger charge is -2.05. The first-order chi connectivity index (χ1) is 7.25.